The standard InChI is InChI=1S/C9H15NO/c1-2-8-6-9(8)4-3-5-10-7-11/h2,7-9H,1,3-6H2,(H,10,11). The molecule has 11 heavy (non-hydrogen) atoms. The molecule has 0 aromatic heterocycles. The Labute approximate surface area is 67.7 Å². The quantitative estimate of drug-likeness (QED) is 0.348. The number of carbonyl (C=O) groups excluding carboxylic acids is 1. The Morgan fingerprint density at radius 2 is 2.45 bits per heavy atom. The third kappa shape index (κ3) is 2.74. The molecule has 1 aliphatic rings. The maximum atomic E-state index is 9.86. The van der Waals surface area contributed by atoms with Crippen molar-refractivity contribution >= 4 is 6.41 Å². The molecule has 2 atom stereocenters. The van der Waals surface area contributed by atoms with Gasteiger partial charge in [-0.05, 0) is 31.1 Å². The Kier molecular flexibility index (Phi) is 3.14. The second-order valence-electron chi connectivity index (χ2n) is 3.11. The van der Waals surface area contributed by atoms with E-state index in [2.05, 4.69) is 11.9 Å². The molecule has 0 aromatic rings. The number of rotatable bonds is 6. The van der Waals surface area contributed by atoms with Crippen LogP contribution in [0, 0.1) is 11.8 Å². The largest absolute Gasteiger partial charge is 0.359 e. The van der Waals surface area contributed by atoms with Crippen LogP contribution in [-0.4, -0.2) is 13.0 Å². The van der Waals surface area contributed by atoms with Crippen molar-refractivity contribution in [1.82, 2.24) is 5.32 Å². The van der Waals surface area contributed by atoms with Crippen LogP contribution in [0.15, 0.2) is 12.7 Å². The van der Waals surface area contributed by atoms with Crippen LogP contribution in [0.2, 0.25) is 0 Å². The molecule has 1 aliphatic carbocycles. The first-order chi connectivity index (χ1) is 5.38. The second kappa shape index (κ2) is 4.16. The van der Waals surface area contributed by atoms with E-state index in [9.17, 15) is 4.79 Å². The summed E-state index contributed by atoms with van der Waals surface area (Å²) < 4.78 is 0. The summed E-state index contributed by atoms with van der Waals surface area (Å²) >= 11 is 0. The fourth-order valence-electron chi connectivity index (χ4n) is 1.42. The van der Waals surface area contributed by atoms with Crippen LogP contribution < -0.4 is 5.32 Å². The summed E-state index contributed by atoms with van der Waals surface area (Å²) in [4.78, 5) is 9.86. The summed E-state index contributed by atoms with van der Waals surface area (Å²) in [5.74, 6) is 1.63. The molecule has 2 nitrogen and oxygen atoms in total. The maximum Gasteiger partial charge on any atom is 0.207 e. The summed E-state index contributed by atoms with van der Waals surface area (Å²) in [5.41, 5.74) is 0. The molecular formula is C9H15NO. The topological polar surface area (TPSA) is 29.1 Å². The summed E-state index contributed by atoms with van der Waals surface area (Å²) in [6, 6.07) is 0. The third-order valence-electron chi connectivity index (χ3n) is 2.26. The highest BCUT2D eigenvalue weighted by Gasteiger charge is 2.32. The monoisotopic (exact) mass is 153 g/mol. The molecular weight excluding hydrogens is 138 g/mol. The van der Waals surface area contributed by atoms with Gasteiger partial charge in [0.1, 0.15) is 0 Å². The SMILES string of the molecule is C=CC1CC1CCCNC=O. The van der Waals surface area contributed by atoms with Crippen molar-refractivity contribution in [2.75, 3.05) is 6.54 Å². The predicted octanol–water partition coefficient (Wildman–Crippen LogP) is 1.33. The van der Waals surface area contributed by atoms with Gasteiger partial charge in [-0.2, -0.15) is 0 Å². The Bertz CT molecular complexity index is 144. The molecule has 0 aliphatic heterocycles. The lowest BCUT2D eigenvalue weighted by atomic mass is 10.2. The van der Waals surface area contributed by atoms with E-state index in [1.807, 2.05) is 6.08 Å². The van der Waals surface area contributed by atoms with Crippen molar-refractivity contribution < 1.29 is 4.79 Å². The van der Waals surface area contributed by atoms with Gasteiger partial charge in [-0.3, -0.25) is 4.79 Å². The van der Waals surface area contributed by atoms with Crippen molar-refractivity contribution in [3.05, 3.63) is 12.7 Å². The van der Waals surface area contributed by atoms with E-state index in [4.69, 9.17) is 0 Å². The Morgan fingerprint density at radius 3 is 3.00 bits per heavy atom. The van der Waals surface area contributed by atoms with E-state index in [0.29, 0.717) is 0 Å². The van der Waals surface area contributed by atoms with Crippen LogP contribution in [0.4, 0.5) is 0 Å². The highest BCUT2D eigenvalue weighted by atomic mass is 16.1. The molecule has 0 spiro atoms. The highest BCUT2D eigenvalue weighted by Crippen LogP contribution is 2.42. The maximum absolute atomic E-state index is 9.86. The zero-order valence-corrected chi connectivity index (χ0v) is 6.75. The lowest BCUT2D eigenvalue weighted by molar-refractivity contribution is -0.109. The van der Waals surface area contributed by atoms with Crippen LogP contribution in [0.3, 0.4) is 0 Å². The number of nitrogens with one attached hydrogen (secondary N) is 1. The van der Waals surface area contributed by atoms with Gasteiger partial charge in [0.2, 0.25) is 6.41 Å². The average Bonchev–Trinajstić information content (AvgIpc) is 2.77. The molecule has 0 radical (unpaired) electrons. The van der Waals surface area contributed by atoms with Crippen LogP contribution in [0.25, 0.3) is 0 Å². The number of carbonyl (C=O) groups is 1. The third-order valence-corrected chi connectivity index (χ3v) is 2.26. The molecule has 1 rings (SSSR count). The summed E-state index contributed by atoms with van der Waals surface area (Å²) in [6.07, 6.45) is 6.45. The van der Waals surface area contributed by atoms with Gasteiger partial charge < -0.3 is 5.32 Å². The van der Waals surface area contributed by atoms with Crippen LogP contribution in [-0.2, 0) is 4.79 Å². The molecule has 1 N–H and O–H groups in total. The molecule has 1 amide bonds. The molecule has 0 heterocycles. The fraction of sp³-hybridized carbons (Fsp3) is 0.667. The minimum Gasteiger partial charge on any atom is -0.359 e. The van der Waals surface area contributed by atoms with Crippen LogP contribution in [0.1, 0.15) is 19.3 Å². The molecule has 62 valence electrons. The van der Waals surface area contributed by atoms with Crippen molar-refractivity contribution in [2.45, 2.75) is 19.3 Å². The first kappa shape index (κ1) is 8.31. The van der Waals surface area contributed by atoms with Crippen molar-refractivity contribution in [3.8, 4) is 0 Å². The minimum atomic E-state index is 0.762. The minimum absolute atomic E-state index is 0.762. The lowest BCUT2D eigenvalue weighted by Crippen LogP contribution is -2.11. The molecule has 0 saturated heterocycles. The van der Waals surface area contributed by atoms with E-state index in [-0.39, 0.29) is 0 Å². The lowest BCUT2D eigenvalue weighted by Gasteiger charge is -1.96. The summed E-state index contributed by atoms with van der Waals surface area (Å²) in [6.45, 7) is 4.57. The van der Waals surface area contributed by atoms with Gasteiger partial charge in [-0.25, -0.2) is 0 Å². The van der Waals surface area contributed by atoms with Gasteiger partial charge in [0.25, 0.3) is 0 Å². The van der Waals surface area contributed by atoms with E-state index in [0.717, 1.165) is 31.2 Å². The van der Waals surface area contributed by atoms with Gasteiger partial charge in [-0.15, -0.1) is 6.58 Å². The summed E-state index contributed by atoms with van der Waals surface area (Å²) in [7, 11) is 0. The number of hydrogen-bond donors (Lipinski definition) is 1. The van der Waals surface area contributed by atoms with E-state index < -0.39 is 0 Å². The van der Waals surface area contributed by atoms with Crippen molar-refractivity contribution in [2.24, 2.45) is 11.8 Å². The number of hydrogen-bond acceptors (Lipinski definition) is 1. The molecule has 2 unspecified atom stereocenters. The molecule has 1 saturated carbocycles. The number of amides is 1. The van der Waals surface area contributed by atoms with E-state index in [1.165, 1.54) is 12.8 Å². The second-order valence-corrected chi connectivity index (χ2v) is 3.11. The predicted molar refractivity (Wildman–Crippen MR) is 45.1 cm³/mol. The molecule has 2 heteroatoms. The van der Waals surface area contributed by atoms with Crippen LogP contribution >= 0.6 is 0 Å². The number of allylic oxidation sites excluding steroid dienone is 1. The first-order valence-electron chi connectivity index (χ1n) is 4.18. The van der Waals surface area contributed by atoms with Crippen LogP contribution in [0.5, 0.6) is 0 Å². The van der Waals surface area contributed by atoms with E-state index >= 15 is 0 Å². The Balaban J connectivity index is 1.89. The van der Waals surface area contributed by atoms with Crippen molar-refractivity contribution in [3.63, 3.8) is 0 Å². The zero-order chi connectivity index (χ0) is 8.10. The van der Waals surface area contributed by atoms with Crippen molar-refractivity contribution in [1.29, 1.82) is 0 Å². The Hall–Kier alpha value is -0.790. The average molecular weight is 153 g/mol. The van der Waals surface area contributed by atoms with Gasteiger partial charge in [-0.1, -0.05) is 6.08 Å². The zero-order valence-electron chi connectivity index (χ0n) is 6.75. The highest BCUT2D eigenvalue weighted by molar-refractivity contribution is 5.45. The fourth-order valence-corrected chi connectivity index (χ4v) is 1.42. The van der Waals surface area contributed by atoms with E-state index in [1.54, 1.807) is 0 Å². The first-order valence-corrected chi connectivity index (χ1v) is 4.18. The van der Waals surface area contributed by atoms with Gasteiger partial charge >= 0.3 is 0 Å². The molecule has 0 bridgehead atoms. The van der Waals surface area contributed by atoms with Gasteiger partial charge in [0.05, 0.1) is 0 Å². The van der Waals surface area contributed by atoms with Gasteiger partial charge in [0, 0.05) is 6.54 Å². The Morgan fingerprint density at radius 1 is 1.64 bits per heavy atom. The normalized spacial score (nSPS) is 27.6. The smallest absolute Gasteiger partial charge is 0.207 e. The van der Waals surface area contributed by atoms with Gasteiger partial charge in [0.15, 0.2) is 0 Å². The summed E-state index contributed by atoms with van der Waals surface area (Å²) in [5, 5.41) is 2.66. The molecule has 0 aromatic carbocycles. The molecule has 1 fully saturated rings.